The predicted molar refractivity (Wildman–Crippen MR) is 149 cm³/mol. The molecule has 0 radical (unpaired) electrons. The quantitative estimate of drug-likeness (QED) is 0.138. The van der Waals surface area contributed by atoms with Crippen molar-refractivity contribution in [1.82, 2.24) is 0 Å². The fraction of sp³-hybridized carbons (Fsp3) is 0.182. The van der Waals surface area contributed by atoms with E-state index >= 15 is 0 Å². The highest BCUT2D eigenvalue weighted by Gasteiger charge is 2.04. The van der Waals surface area contributed by atoms with Crippen LogP contribution < -0.4 is 85.6 Å². The molecule has 0 saturated heterocycles. The molecule has 6 heteroatoms. The van der Waals surface area contributed by atoms with Crippen molar-refractivity contribution in [2.45, 2.75) is 40.4 Å². The van der Waals surface area contributed by atoms with Gasteiger partial charge in [-0.05, 0) is 57.2 Å². The summed E-state index contributed by atoms with van der Waals surface area (Å²) in [6, 6.07) is 38.0. The fourth-order valence-corrected chi connectivity index (χ4v) is 4.49. The van der Waals surface area contributed by atoms with Gasteiger partial charge in [0.2, 0.25) is 16.6 Å². The summed E-state index contributed by atoms with van der Waals surface area (Å²) < 4.78 is 6.74. The molecule has 6 rings (SSSR count). The molecule has 3 nitrogen and oxygen atoms in total. The average Bonchev–Trinajstić information content (AvgIpc) is 2.97. The highest BCUT2D eigenvalue weighted by atomic mass is 127. The molecule has 204 valence electrons. The minimum Gasteiger partial charge on any atom is -1.00 e. The van der Waals surface area contributed by atoms with Crippen LogP contribution in [0.2, 0.25) is 0 Å². The first-order valence-electron chi connectivity index (χ1n) is 12.9. The van der Waals surface area contributed by atoms with Crippen molar-refractivity contribution in [2.75, 3.05) is 0 Å². The number of pyridine rings is 3. The molecule has 0 saturated carbocycles. The smallest absolute Gasteiger partial charge is 0.212 e. The highest BCUT2D eigenvalue weighted by Crippen LogP contribution is 2.09. The highest BCUT2D eigenvalue weighted by molar-refractivity contribution is 5.76. The summed E-state index contributed by atoms with van der Waals surface area (Å²) in [5.41, 5.74) is 3.92. The molecule has 0 atom stereocenters. The van der Waals surface area contributed by atoms with Crippen LogP contribution in [0, 0.1) is 0 Å². The average molecular weight is 855 g/mol. The lowest BCUT2D eigenvalue weighted by molar-refractivity contribution is -0.668. The second kappa shape index (κ2) is 18.4. The third kappa shape index (κ3) is 9.31. The Kier molecular flexibility index (Phi) is 16.6. The summed E-state index contributed by atoms with van der Waals surface area (Å²) in [5, 5.41) is 3.92. The molecule has 39 heavy (non-hydrogen) atoms. The minimum atomic E-state index is 0. The van der Waals surface area contributed by atoms with Gasteiger partial charge in [0, 0.05) is 52.6 Å². The molecule has 0 N–H and O–H groups in total. The Morgan fingerprint density at radius 2 is 0.590 bits per heavy atom. The van der Waals surface area contributed by atoms with Crippen molar-refractivity contribution < 1.29 is 85.6 Å². The van der Waals surface area contributed by atoms with Crippen LogP contribution in [0.4, 0.5) is 0 Å². The van der Waals surface area contributed by atoms with Crippen LogP contribution in [0.25, 0.3) is 32.7 Å². The van der Waals surface area contributed by atoms with Crippen LogP contribution in [0.5, 0.6) is 0 Å². The maximum Gasteiger partial charge on any atom is 0.212 e. The third-order valence-electron chi connectivity index (χ3n) is 6.39. The molecular formula is C33H36I3N3. The van der Waals surface area contributed by atoms with E-state index in [0.717, 1.165) is 19.6 Å². The number of hydrogen-bond donors (Lipinski definition) is 0. The van der Waals surface area contributed by atoms with Crippen LogP contribution in [-0.2, 0) is 19.6 Å². The standard InChI is InChI=1S/3C11H12N.3HI/c3*1-2-12-9-5-7-10-6-3-4-8-11(10)12;;;/h3*3-9H,2H2,1H3;3*1H/q3*+1;;;/p-3. The van der Waals surface area contributed by atoms with Gasteiger partial charge in [-0.2, -0.15) is 13.7 Å². The molecule has 3 heterocycles. The Hall–Kier alpha value is -1.92. The zero-order chi connectivity index (χ0) is 25.2. The molecule has 0 unspecified atom stereocenters. The molecule has 0 aliphatic heterocycles. The first-order chi connectivity index (χ1) is 17.7. The van der Waals surface area contributed by atoms with Gasteiger partial charge in [0.1, 0.15) is 19.6 Å². The molecule has 0 spiro atoms. The van der Waals surface area contributed by atoms with Crippen LogP contribution >= 0.6 is 0 Å². The van der Waals surface area contributed by atoms with E-state index in [2.05, 4.69) is 162 Å². The van der Waals surface area contributed by atoms with E-state index in [1.54, 1.807) is 0 Å². The zero-order valence-electron chi connectivity index (χ0n) is 22.7. The lowest BCUT2D eigenvalue weighted by Crippen LogP contribution is -3.00. The fourth-order valence-electron chi connectivity index (χ4n) is 4.49. The van der Waals surface area contributed by atoms with Crippen molar-refractivity contribution in [2.24, 2.45) is 0 Å². The van der Waals surface area contributed by atoms with Crippen LogP contribution in [0.15, 0.2) is 128 Å². The SMILES string of the molecule is CC[n+]1cccc2ccccc21.CC[n+]1cccc2ccccc21.CC[n+]1cccc2ccccc21.[I-].[I-].[I-]. The maximum absolute atomic E-state index is 2.25. The predicted octanol–water partition coefficient (Wildman–Crippen LogP) is -2.55. The van der Waals surface area contributed by atoms with Crippen molar-refractivity contribution in [3.05, 3.63) is 128 Å². The largest absolute Gasteiger partial charge is 1.00 e. The van der Waals surface area contributed by atoms with Crippen molar-refractivity contribution in [3.63, 3.8) is 0 Å². The van der Waals surface area contributed by atoms with Gasteiger partial charge in [-0.15, -0.1) is 0 Å². The summed E-state index contributed by atoms with van der Waals surface area (Å²) in [6.07, 6.45) is 6.34. The monoisotopic (exact) mass is 855 g/mol. The summed E-state index contributed by atoms with van der Waals surface area (Å²) in [5.74, 6) is 0. The Labute approximate surface area is 284 Å². The number of halogens is 3. The Bertz CT molecular complexity index is 1370. The molecule has 0 aliphatic rings. The Balaban J connectivity index is 0.000000282. The molecular weight excluding hydrogens is 819 g/mol. The van der Waals surface area contributed by atoms with Crippen molar-refractivity contribution in [1.29, 1.82) is 0 Å². The van der Waals surface area contributed by atoms with E-state index in [1.165, 1.54) is 32.7 Å². The second-order valence-corrected chi connectivity index (χ2v) is 8.56. The van der Waals surface area contributed by atoms with Crippen LogP contribution in [0.3, 0.4) is 0 Å². The number of nitrogens with zero attached hydrogens (tertiary/aromatic N) is 3. The number of aromatic nitrogens is 3. The van der Waals surface area contributed by atoms with E-state index in [0.29, 0.717) is 0 Å². The van der Waals surface area contributed by atoms with E-state index < -0.39 is 0 Å². The number of fused-ring (bicyclic) bond motifs is 3. The van der Waals surface area contributed by atoms with E-state index in [4.69, 9.17) is 0 Å². The van der Waals surface area contributed by atoms with E-state index in [9.17, 15) is 0 Å². The van der Waals surface area contributed by atoms with Gasteiger partial charge < -0.3 is 71.9 Å². The number of benzene rings is 3. The van der Waals surface area contributed by atoms with Gasteiger partial charge >= 0.3 is 0 Å². The molecule has 3 aromatic carbocycles. The normalized spacial score (nSPS) is 9.62. The van der Waals surface area contributed by atoms with Gasteiger partial charge in [0.15, 0.2) is 18.6 Å². The number of hydrogen-bond acceptors (Lipinski definition) is 0. The molecule has 6 aromatic rings. The maximum atomic E-state index is 2.25. The lowest BCUT2D eigenvalue weighted by Gasteiger charge is -1.96. The van der Waals surface area contributed by atoms with Gasteiger partial charge in [0.25, 0.3) is 0 Å². The van der Waals surface area contributed by atoms with Crippen molar-refractivity contribution >= 4 is 32.7 Å². The summed E-state index contributed by atoms with van der Waals surface area (Å²) in [4.78, 5) is 0. The first-order valence-corrected chi connectivity index (χ1v) is 12.9. The Morgan fingerprint density at radius 1 is 0.359 bits per heavy atom. The van der Waals surface area contributed by atoms with Crippen molar-refractivity contribution in [3.8, 4) is 0 Å². The number of para-hydroxylation sites is 3. The lowest BCUT2D eigenvalue weighted by atomic mass is 10.2. The molecule has 3 aromatic heterocycles. The van der Waals surface area contributed by atoms with E-state index in [-0.39, 0.29) is 71.9 Å². The van der Waals surface area contributed by atoms with Crippen LogP contribution in [-0.4, -0.2) is 0 Å². The first kappa shape index (κ1) is 35.1. The number of aryl methyl sites for hydroxylation is 3. The van der Waals surface area contributed by atoms with Gasteiger partial charge in [-0.1, -0.05) is 36.4 Å². The van der Waals surface area contributed by atoms with Gasteiger partial charge in [0.05, 0.1) is 0 Å². The molecule has 0 bridgehead atoms. The zero-order valence-corrected chi connectivity index (χ0v) is 29.2. The summed E-state index contributed by atoms with van der Waals surface area (Å²) in [7, 11) is 0. The van der Waals surface area contributed by atoms with Crippen LogP contribution in [0.1, 0.15) is 20.8 Å². The minimum absolute atomic E-state index is 0. The molecule has 0 fully saturated rings. The number of rotatable bonds is 3. The summed E-state index contributed by atoms with van der Waals surface area (Å²) >= 11 is 0. The van der Waals surface area contributed by atoms with Gasteiger partial charge in [-0.3, -0.25) is 0 Å². The Morgan fingerprint density at radius 3 is 0.846 bits per heavy atom. The van der Waals surface area contributed by atoms with Gasteiger partial charge in [-0.25, -0.2) is 0 Å². The molecule has 0 aliphatic carbocycles. The third-order valence-corrected chi connectivity index (χ3v) is 6.39. The second-order valence-electron chi connectivity index (χ2n) is 8.56. The summed E-state index contributed by atoms with van der Waals surface area (Å²) in [6.45, 7) is 9.56. The molecule has 0 amide bonds. The van der Waals surface area contributed by atoms with E-state index in [1.807, 2.05) is 0 Å². The topological polar surface area (TPSA) is 11.6 Å².